The molecule has 1 aromatic rings. The Morgan fingerprint density at radius 1 is 1.50 bits per heavy atom. The molecule has 88 valence electrons. The summed E-state index contributed by atoms with van der Waals surface area (Å²) in [6, 6.07) is 4.60. The van der Waals surface area contributed by atoms with Crippen molar-refractivity contribution in [2.45, 2.75) is 44.2 Å². The van der Waals surface area contributed by atoms with Crippen LogP contribution in [-0.2, 0) is 5.60 Å². The summed E-state index contributed by atoms with van der Waals surface area (Å²) >= 11 is 0. The molecule has 0 radical (unpaired) electrons. The van der Waals surface area contributed by atoms with Crippen LogP contribution >= 0.6 is 0 Å². The number of hydrogen-bond acceptors (Lipinski definition) is 2. The summed E-state index contributed by atoms with van der Waals surface area (Å²) in [6.45, 7) is 1.83. The summed E-state index contributed by atoms with van der Waals surface area (Å²) in [4.78, 5) is 0. The lowest BCUT2D eigenvalue weighted by Gasteiger charge is -2.36. The summed E-state index contributed by atoms with van der Waals surface area (Å²) in [6.07, 6.45) is 3.17. The van der Waals surface area contributed by atoms with Gasteiger partial charge in [0, 0.05) is 6.04 Å². The van der Waals surface area contributed by atoms with Gasteiger partial charge in [0.15, 0.2) is 0 Å². The number of halogens is 1. The molecule has 1 aliphatic rings. The first-order valence-corrected chi connectivity index (χ1v) is 5.76. The van der Waals surface area contributed by atoms with E-state index in [9.17, 15) is 9.50 Å². The molecule has 0 spiro atoms. The van der Waals surface area contributed by atoms with Gasteiger partial charge in [-0.25, -0.2) is 4.39 Å². The Labute approximate surface area is 95.3 Å². The quantitative estimate of drug-likeness (QED) is 0.767. The molecule has 0 aliphatic heterocycles. The first-order chi connectivity index (χ1) is 7.51. The van der Waals surface area contributed by atoms with Gasteiger partial charge in [0.2, 0.25) is 0 Å². The van der Waals surface area contributed by atoms with Crippen LogP contribution in [0.4, 0.5) is 4.39 Å². The number of hydrogen-bond donors (Lipinski definition) is 2. The van der Waals surface area contributed by atoms with E-state index in [2.05, 4.69) is 0 Å². The maximum atomic E-state index is 13.0. The van der Waals surface area contributed by atoms with E-state index in [-0.39, 0.29) is 11.9 Å². The highest BCUT2D eigenvalue weighted by Crippen LogP contribution is 2.38. The van der Waals surface area contributed by atoms with Crippen LogP contribution in [0.5, 0.6) is 0 Å². The summed E-state index contributed by atoms with van der Waals surface area (Å²) in [5.74, 6) is -0.259. The molecule has 1 fully saturated rings. The van der Waals surface area contributed by atoms with Crippen LogP contribution in [0.25, 0.3) is 0 Å². The highest BCUT2D eigenvalue weighted by Gasteiger charge is 2.35. The molecule has 0 bridgehead atoms. The summed E-state index contributed by atoms with van der Waals surface area (Å²) < 4.78 is 13.0. The largest absolute Gasteiger partial charge is 0.385 e. The lowest BCUT2D eigenvalue weighted by atomic mass is 9.76. The molecular weight excluding hydrogens is 205 g/mol. The van der Waals surface area contributed by atoms with Crippen LogP contribution in [0.2, 0.25) is 0 Å². The average Bonchev–Trinajstić information content (AvgIpc) is 2.16. The van der Waals surface area contributed by atoms with Crippen LogP contribution < -0.4 is 5.73 Å². The highest BCUT2D eigenvalue weighted by molar-refractivity contribution is 5.32. The van der Waals surface area contributed by atoms with Crippen molar-refractivity contribution in [2.75, 3.05) is 0 Å². The molecule has 0 aromatic heterocycles. The lowest BCUT2D eigenvalue weighted by molar-refractivity contribution is -0.00774. The molecule has 3 heteroatoms. The van der Waals surface area contributed by atoms with Crippen molar-refractivity contribution in [3.8, 4) is 0 Å². The van der Waals surface area contributed by atoms with Gasteiger partial charge in [0.1, 0.15) is 5.82 Å². The molecular formula is C13H18FNO. The normalized spacial score (nSPS) is 30.4. The van der Waals surface area contributed by atoms with Crippen molar-refractivity contribution in [3.63, 3.8) is 0 Å². The Kier molecular flexibility index (Phi) is 3.00. The molecule has 3 N–H and O–H groups in total. The molecule has 1 saturated carbocycles. The van der Waals surface area contributed by atoms with E-state index in [4.69, 9.17) is 5.73 Å². The Bertz CT molecular complexity index is 394. The maximum Gasteiger partial charge on any atom is 0.123 e. The smallest absolute Gasteiger partial charge is 0.123 e. The van der Waals surface area contributed by atoms with Crippen LogP contribution in [0, 0.1) is 12.7 Å². The second-order valence-corrected chi connectivity index (χ2v) is 4.85. The van der Waals surface area contributed by atoms with Gasteiger partial charge in [-0.2, -0.15) is 0 Å². The monoisotopic (exact) mass is 223 g/mol. The van der Waals surface area contributed by atoms with Gasteiger partial charge < -0.3 is 10.8 Å². The van der Waals surface area contributed by atoms with E-state index >= 15 is 0 Å². The zero-order valence-electron chi connectivity index (χ0n) is 9.54. The summed E-state index contributed by atoms with van der Waals surface area (Å²) in [5, 5.41) is 10.6. The third-order valence-electron chi connectivity index (χ3n) is 3.45. The molecule has 0 saturated heterocycles. The topological polar surface area (TPSA) is 46.2 Å². The number of rotatable bonds is 1. The molecule has 2 nitrogen and oxygen atoms in total. The van der Waals surface area contributed by atoms with Crippen molar-refractivity contribution in [1.82, 2.24) is 0 Å². The van der Waals surface area contributed by atoms with Crippen molar-refractivity contribution in [2.24, 2.45) is 5.73 Å². The van der Waals surface area contributed by atoms with Gasteiger partial charge in [-0.05, 0) is 55.9 Å². The number of nitrogens with two attached hydrogens (primary N) is 1. The third kappa shape index (κ3) is 2.11. The third-order valence-corrected chi connectivity index (χ3v) is 3.45. The second-order valence-electron chi connectivity index (χ2n) is 4.85. The fraction of sp³-hybridized carbons (Fsp3) is 0.538. The summed E-state index contributed by atoms with van der Waals surface area (Å²) in [7, 11) is 0. The Morgan fingerprint density at radius 2 is 2.25 bits per heavy atom. The second kappa shape index (κ2) is 4.15. The van der Waals surface area contributed by atoms with Gasteiger partial charge in [-0.1, -0.05) is 6.07 Å². The van der Waals surface area contributed by atoms with Crippen molar-refractivity contribution in [1.29, 1.82) is 0 Å². The SMILES string of the molecule is Cc1cc(F)ccc1C1(O)CCCC(N)C1. The van der Waals surface area contributed by atoms with E-state index < -0.39 is 5.60 Å². The zero-order chi connectivity index (χ0) is 11.8. The highest BCUT2D eigenvalue weighted by atomic mass is 19.1. The Balaban J connectivity index is 2.34. The van der Waals surface area contributed by atoms with Crippen molar-refractivity contribution < 1.29 is 9.50 Å². The molecule has 0 heterocycles. The van der Waals surface area contributed by atoms with Gasteiger partial charge in [-0.3, -0.25) is 0 Å². The molecule has 2 unspecified atom stereocenters. The number of aryl methyl sites for hydroxylation is 1. The minimum atomic E-state index is -0.866. The van der Waals surface area contributed by atoms with Gasteiger partial charge in [-0.15, -0.1) is 0 Å². The van der Waals surface area contributed by atoms with Gasteiger partial charge in [0.25, 0.3) is 0 Å². The molecule has 1 aromatic carbocycles. The maximum absolute atomic E-state index is 13.0. The Hall–Kier alpha value is -0.930. The zero-order valence-corrected chi connectivity index (χ0v) is 9.54. The fourth-order valence-electron chi connectivity index (χ4n) is 2.69. The molecule has 2 atom stereocenters. The first-order valence-electron chi connectivity index (χ1n) is 5.76. The summed E-state index contributed by atoms with van der Waals surface area (Å²) in [5.41, 5.74) is 6.65. The fourth-order valence-corrected chi connectivity index (χ4v) is 2.69. The predicted octanol–water partition coefficient (Wildman–Crippen LogP) is 2.22. The minimum Gasteiger partial charge on any atom is -0.385 e. The van der Waals surface area contributed by atoms with Crippen LogP contribution in [0.3, 0.4) is 0 Å². The van der Waals surface area contributed by atoms with E-state index in [1.807, 2.05) is 6.92 Å². The Morgan fingerprint density at radius 3 is 2.88 bits per heavy atom. The molecule has 2 rings (SSSR count). The van der Waals surface area contributed by atoms with E-state index in [0.29, 0.717) is 12.8 Å². The van der Waals surface area contributed by atoms with Crippen LogP contribution in [0.15, 0.2) is 18.2 Å². The average molecular weight is 223 g/mol. The van der Waals surface area contributed by atoms with Crippen molar-refractivity contribution in [3.05, 3.63) is 35.1 Å². The minimum absolute atomic E-state index is 0.0446. The van der Waals surface area contributed by atoms with Gasteiger partial charge in [0.05, 0.1) is 5.60 Å². The van der Waals surface area contributed by atoms with E-state index in [0.717, 1.165) is 24.0 Å². The first kappa shape index (κ1) is 11.6. The van der Waals surface area contributed by atoms with Gasteiger partial charge >= 0.3 is 0 Å². The predicted molar refractivity (Wildman–Crippen MR) is 61.5 cm³/mol. The lowest BCUT2D eigenvalue weighted by Crippen LogP contribution is -2.39. The number of benzene rings is 1. The van der Waals surface area contributed by atoms with Crippen LogP contribution in [0.1, 0.15) is 36.8 Å². The van der Waals surface area contributed by atoms with E-state index in [1.165, 1.54) is 12.1 Å². The van der Waals surface area contributed by atoms with E-state index in [1.54, 1.807) is 6.07 Å². The van der Waals surface area contributed by atoms with Crippen molar-refractivity contribution >= 4 is 0 Å². The van der Waals surface area contributed by atoms with Crippen LogP contribution in [-0.4, -0.2) is 11.1 Å². The number of aliphatic hydroxyl groups is 1. The molecule has 16 heavy (non-hydrogen) atoms. The molecule has 1 aliphatic carbocycles. The standard InChI is InChI=1S/C13H18FNO/c1-9-7-10(14)4-5-12(9)13(16)6-2-3-11(15)8-13/h4-5,7,11,16H,2-3,6,8,15H2,1H3. The molecule has 0 amide bonds.